The molecule has 9 heteroatoms. The van der Waals surface area contributed by atoms with Gasteiger partial charge < -0.3 is 9.80 Å². The molecule has 0 bridgehead atoms. The average molecular weight is 408 g/mol. The molecule has 0 aromatic heterocycles. The number of amides is 1. The van der Waals surface area contributed by atoms with Gasteiger partial charge in [-0.15, -0.1) is 0 Å². The number of halogens is 2. The molecule has 0 spiro atoms. The van der Waals surface area contributed by atoms with E-state index in [1.165, 1.54) is 12.1 Å². The first-order valence-electron chi connectivity index (χ1n) is 8.10. The second kappa shape index (κ2) is 8.12. The molecule has 1 aromatic carbocycles. The molecule has 0 aliphatic carbocycles. The summed E-state index contributed by atoms with van der Waals surface area (Å²) in [5.74, 6) is -0.239. The van der Waals surface area contributed by atoms with Crippen LogP contribution in [0.1, 0.15) is 13.8 Å². The van der Waals surface area contributed by atoms with Gasteiger partial charge in [-0.2, -0.15) is 0 Å². The predicted octanol–water partition coefficient (Wildman–Crippen LogP) is 2.31. The van der Waals surface area contributed by atoms with Crippen molar-refractivity contribution >= 4 is 44.8 Å². The van der Waals surface area contributed by atoms with Crippen molar-refractivity contribution in [1.82, 2.24) is 9.80 Å². The molecule has 1 aliphatic heterocycles. The third kappa shape index (κ3) is 4.78. The Kier molecular flexibility index (Phi) is 6.59. The molecule has 0 N–H and O–H groups in total. The summed E-state index contributed by atoms with van der Waals surface area (Å²) in [7, 11) is -3.72. The summed E-state index contributed by atoms with van der Waals surface area (Å²) in [4.78, 5) is 16.8. The summed E-state index contributed by atoms with van der Waals surface area (Å²) in [5.41, 5.74) is 0.213. The minimum atomic E-state index is -3.72. The number of anilines is 1. The molecule has 25 heavy (non-hydrogen) atoms. The lowest BCUT2D eigenvalue weighted by Gasteiger charge is -2.37. The van der Waals surface area contributed by atoms with Gasteiger partial charge in [0, 0.05) is 31.2 Å². The van der Waals surface area contributed by atoms with Gasteiger partial charge in [0.25, 0.3) is 0 Å². The average Bonchev–Trinajstić information content (AvgIpc) is 2.56. The van der Waals surface area contributed by atoms with Crippen LogP contribution in [0.3, 0.4) is 0 Å². The van der Waals surface area contributed by atoms with E-state index in [-0.39, 0.29) is 16.6 Å². The number of sulfonamides is 1. The quantitative estimate of drug-likeness (QED) is 0.750. The zero-order valence-corrected chi connectivity index (χ0v) is 16.9. The van der Waals surface area contributed by atoms with E-state index in [4.69, 9.17) is 23.2 Å². The van der Waals surface area contributed by atoms with Gasteiger partial charge in [0.15, 0.2) is 0 Å². The number of hydrogen-bond acceptors (Lipinski definition) is 4. The second-order valence-electron chi connectivity index (χ2n) is 6.09. The molecule has 140 valence electrons. The summed E-state index contributed by atoms with van der Waals surface area (Å²) in [6.45, 7) is 7.32. The van der Waals surface area contributed by atoms with Gasteiger partial charge in [-0.1, -0.05) is 30.1 Å². The summed E-state index contributed by atoms with van der Waals surface area (Å²) in [6.07, 6.45) is 1.06. The van der Waals surface area contributed by atoms with Gasteiger partial charge in [-0.3, -0.25) is 9.10 Å². The van der Waals surface area contributed by atoms with Crippen LogP contribution >= 0.6 is 23.2 Å². The first kappa shape index (κ1) is 20.3. The van der Waals surface area contributed by atoms with E-state index in [9.17, 15) is 13.2 Å². The minimum absolute atomic E-state index is 0.213. The zero-order valence-electron chi connectivity index (χ0n) is 14.6. The maximum atomic E-state index is 12.9. The van der Waals surface area contributed by atoms with Crippen molar-refractivity contribution in [1.29, 1.82) is 0 Å². The Bertz CT molecular complexity index is 734. The smallest absolute Gasteiger partial charge is 0.246 e. The highest BCUT2D eigenvalue weighted by molar-refractivity contribution is 7.92. The van der Waals surface area contributed by atoms with Crippen molar-refractivity contribution in [3.8, 4) is 0 Å². The molecule has 1 saturated heterocycles. The molecule has 2 rings (SSSR count). The van der Waals surface area contributed by atoms with Gasteiger partial charge in [-0.25, -0.2) is 8.42 Å². The predicted molar refractivity (Wildman–Crippen MR) is 102 cm³/mol. The van der Waals surface area contributed by atoms with E-state index < -0.39 is 16.1 Å². The first-order valence-corrected chi connectivity index (χ1v) is 10.7. The molecular formula is C16H23Cl2N3O3S. The molecule has 1 fully saturated rings. The van der Waals surface area contributed by atoms with Gasteiger partial charge in [-0.05, 0) is 31.7 Å². The Balaban J connectivity index is 2.29. The van der Waals surface area contributed by atoms with Crippen molar-refractivity contribution in [3.05, 3.63) is 28.2 Å². The molecule has 0 unspecified atom stereocenters. The van der Waals surface area contributed by atoms with Crippen LogP contribution in [0.4, 0.5) is 5.69 Å². The maximum absolute atomic E-state index is 12.9. The monoisotopic (exact) mass is 407 g/mol. The van der Waals surface area contributed by atoms with Crippen LogP contribution in [0.2, 0.25) is 10.0 Å². The number of piperazine rings is 1. The van der Waals surface area contributed by atoms with E-state index in [2.05, 4.69) is 11.8 Å². The highest BCUT2D eigenvalue weighted by Crippen LogP contribution is 2.32. The fraction of sp³-hybridized carbons (Fsp3) is 0.562. The number of carbonyl (C=O) groups is 1. The zero-order chi connectivity index (χ0) is 18.8. The van der Waals surface area contributed by atoms with Gasteiger partial charge >= 0.3 is 0 Å². The highest BCUT2D eigenvalue weighted by atomic mass is 35.5. The second-order valence-corrected chi connectivity index (χ2v) is 8.79. The largest absolute Gasteiger partial charge is 0.338 e. The number of carbonyl (C=O) groups excluding carboxylic acids is 1. The topological polar surface area (TPSA) is 60.9 Å². The van der Waals surface area contributed by atoms with Crippen molar-refractivity contribution in [2.45, 2.75) is 19.9 Å². The van der Waals surface area contributed by atoms with Crippen molar-refractivity contribution in [3.63, 3.8) is 0 Å². The number of hydrogen-bond donors (Lipinski definition) is 0. The molecule has 0 radical (unpaired) electrons. The Hall–Kier alpha value is -1.02. The van der Waals surface area contributed by atoms with E-state index >= 15 is 0 Å². The van der Waals surface area contributed by atoms with Crippen LogP contribution in [0.25, 0.3) is 0 Å². The molecular weight excluding hydrogens is 385 g/mol. The van der Waals surface area contributed by atoms with Crippen LogP contribution in [-0.4, -0.2) is 69.1 Å². The van der Waals surface area contributed by atoms with E-state index in [1.54, 1.807) is 17.9 Å². The van der Waals surface area contributed by atoms with Crippen molar-refractivity contribution in [2.24, 2.45) is 0 Å². The lowest BCUT2D eigenvalue weighted by molar-refractivity contribution is -0.133. The van der Waals surface area contributed by atoms with Crippen molar-refractivity contribution in [2.75, 3.05) is 43.3 Å². The molecule has 0 saturated carbocycles. The molecule has 1 amide bonds. The number of rotatable bonds is 5. The molecule has 6 nitrogen and oxygen atoms in total. The van der Waals surface area contributed by atoms with Gasteiger partial charge in [0.05, 0.1) is 17.0 Å². The minimum Gasteiger partial charge on any atom is -0.338 e. The summed E-state index contributed by atoms with van der Waals surface area (Å²) >= 11 is 12.2. The Morgan fingerprint density at radius 3 is 2.36 bits per heavy atom. The molecule has 1 aliphatic rings. The van der Waals surface area contributed by atoms with E-state index in [0.717, 1.165) is 30.2 Å². The fourth-order valence-corrected chi connectivity index (χ4v) is 4.58. The standard InChI is InChI=1S/C16H23Cl2N3O3S/c1-4-19-7-9-20(10-8-19)16(22)12(2)21(25(3,23)24)15-11-13(17)5-6-14(15)18/h5-6,11-12H,4,7-10H2,1-3H3/t12-/m1/s1. The van der Waals surface area contributed by atoms with E-state index in [0.29, 0.717) is 18.1 Å². The molecule has 1 heterocycles. The van der Waals surface area contributed by atoms with Gasteiger partial charge in [0.1, 0.15) is 6.04 Å². The van der Waals surface area contributed by atoms with E-state index in [1.807, 2.05) is 0 Å². The number of likely N-dealkylation sites (N-methyl/N-ethyl adjacent to an activating group) is 1. The third-order valence-corrected chi connectivity index (χ3v) is 6.13. The van der Waals surface area contributed by atoms with Crippen molar-refractivity contribution < 1.29 is 13.2 Å². The lowest BCUT2D eigenvalue weighted by Crippen LogP contribution is -2.55. The van der Waals surface area contributed by atoms with Crippen LogP contribution in [-0.2, 0) is 14.8 Å². The summed E-state index contributed by atoms with van der Waals surface area (Å²) < 4.78 is 25.8. The first-order chi connectivity index (χ1) is 11.6. The third-order valence-electron chi connectivity index (χ3n) is 4.34. The molecule has 1 atom stereocenters. The Morgan fingerprint density at radius 1 is 1.24 bits per heavy atom. The SMILES string of the molecule is CCN1CCN(C(=O)[C@@H](C)N(c2cc(Cl)ccc2Cl)S(C)(=O)=O)CC1. The molecule has 1 aromatic rings. The summed E-state index contributed by atoms with van der Waals surface area (Å²) in [6, 6.07) is 3.65. The summed E-state index contributed by atoms with van der Waals surface area (Å²) in [5, 5.41) is 0.578. The van der Waals surface area contributed by atoms with Crippen LogP contribution < -0.4 is 4.31 Å². The maximum Gasteiger partial charge on any atom is 0.246 e. The normalized spacial score (nSPS) is 17.4. The lowest BCUT2D eigenvalue weighted by atomic mass is 10.2. The van der Waals surface area contributed by atoms with Crippen LogP contribution in [0.15, 0.2) is 18.2 Å². The Labute approximate surface area is 159 Å². The number of benzene rings is 1. The highest BCUT2D eigenvalue weighted by Gasteiger charge is 2.34. The van der Waals surface area contributed by atoms with Crippen LogP contribution in [0.5, 0.6) is 0 Å². The Morgan fingerprint density at radius 2 is 1.84 bits per heavy atom. The fourth-order valence-electron chi connectivity index (χ4n) is 2.98. The van der Waals surface area contributed by atoms with Crippen LogP contribution in [0, 0.1) is 0 Å². The number of nitrogens with zero attached hydrogens (tertiary/aromatic N) is 3. The van der Waals surface area contributed by atoms with Gasteiger partial charge in [0.2, 0.25) is 15.9 Å².